The molecule has 0 aromatic carbocycles. The summed E-state index contributed by atoms with van der Waals surface area (Å²) in [6.07, 6.45) is 0.199. The van der Waals surface area contributed by atoms with Crippen LogP contribution in [0.1, 0.15) is 20.8 Å². The first-order valence-corrected chi connectivity index (χ1v) is 3.57. The Morgan fingerprint density at radius 1 is 1.55 bits per heavy atom. The van der Waals surface area contributed by atoms with Crippen LogP contribution in [0.2, 0.25) is 0 Å². The molecule has 0 radical (unpaired) electrons. The normalized spacial score (nSPS) is 17.5. The molecule has 0 saturated heterocycles. The molecule has 0 rings (SSSR count). The quantitative estimate of drug-likeness (QED) is 0.469. The van der Waals surface area contributed by atoms with Gasteiger partial charge < -0.3 is 14.9 Å². The molecule has 3 heteroatoms. The van der Waals surface area contributed by atoms with Gasteiger partial charge in [-0.15, -0.1) is 6.58 Å². The molecule has 0 aliphatic rings. The summed E-state index contributed by atoms with van der Waals surface area (Å²) in [5, 5.41) is 18.3. The number of hydrogen-bond donors (Lipinski definition) is 2. The molecule has 2 N–H and O–H groups in total. The van der Waals surface area contributed by atoms with Gasteiger partial charge in [-0.25, -0.2) is 0 Å². The van der Waals surface area contributed by atoms with Crippen LogP contribution in [0.5, 0.6) is 0 Å². The fourth-order valence-corrected chi connectivity index (χ4v) is 0.716. The van der Waals surface area contributed by atoms with Crippen molar-refractivity contribution in [1.82, 2.24) is 0 Å². The Hall–Kier alpha value is -0.380. The summed E-state index contributed by atoms with van der Waals surface area (Å²) < 4.78 is 5.02. The lowest BCUT2D eigenvalue weighted by atomic mass is 10.2. The monoisotopic (exact) mass is 160 g/mol. The second kappa shape index (κ2) is 3.85. The van der Waals surface area contributed by atoms with Gasteiger partial charge in [-0.3, -0.25) is 0 Å². The summed E-state index contributed by atoms with van der Waals surface area (Å²) in [6.45, 7) is 8.10. The minimum absolute atomic E-state index is 0.438. The summed E-state index contributed by atoms with van der Waals surface area (Å²) in [7, 11) is 0. The Labute approximate surface area is 67.3 Å². The van der Waals surface area contributed by atoms with E-state index in [-0.39, 0.29) is 0 Å². The molecular weight excluding hydrogens is 144 g/mol. The van der Waals surface area contributed by atoms with Gasteiger partial charge in [-0.2, -0.15) is 0 Å². The smallest absolute Gasteiger partial charge is 0.160 e. The molecule has 0 bridgehead atoms. The summed E-state index contributed by atoms with van der Waals surface area (Å²) in [6, 6.07) is 0. The summed E-state index contributed by atoms with van der Waals surface area (Å²) in [5.41, 5.74) is 0. The third kappa shape index (κ3) is 4.95. The van der Waals surface area contributed by atoms with Gasteiger partial charge in [0.1, 0.15) is 0 Å². The highest BCUT2D eigenvalue weighted by atomic mass is 16.6. The molecule has 0 aromatic heterocycles. The molecule has 0 amide bonds. The van der Waals surface area contributed by atoms with Gasteiger partial charge in [0, 0.05) is 0 Å². The number of ether oxygens (including phenoxy) is 1. The molecule has 0 fully saturated rings. The molecule has 3 nitrogen and oxygen atoms in total. The molecule has 0 spiro atoms. The van der Waals surface area contributed by atoms with Gasteiger partial charge in [0.05, 0.1) is 12.2 Å². The van der Waals surface area contributed by atoms with Gasteiger partial charge in [-0.1, -0.05) is 6.08 Å². The van der Waals surface area contributed by atoms with Crippen molar-refractivity contribution in [1.29, 1.82) is 0 Å². The lowest BCUT2D eigenvalue weighted by Gasteiger charge is -2.25. The molecular formula is C8H16O3. The van der Waals surface area contributed by atoms with Crippen LogP contribution < -0.4 is 0 Å². The van der Waals surface area contributed by atoms with Crippen molar-refractivity contribution >= 4 is 0 Å². The van der Waals surface area contributed by atoms with Crippen molar-refractivity contribution < 1.29 is 14.9 Å². The predicted octanol–water partition coefficient (Wildman–Crippen LogP) is 0.667. The van der Waals surface area contributed by atoms with Gasteiger partial charge in [0.15, 0.2) is 5.79 Å². The fraction of sp³-hybridized carbons (Fsp3) is 0.750. The van der Waals surface area contributed by atoms with E-state index >= 15 is 0 Å². The molecule has 1 unspecified atom stereocenters. The van der Waals surface area contributed by atoms with Crippen molar-refractivity contribution in [3.63, 3.8) is 0 Å². The Bertz CT molecular complexity index is 126. The SMILES string of the molecule is C=CC(O)[C@H](C)OC(C)(C)O. The molecule has 0 aliphatic carbocycles. The van der Waals surface area contributed by atoms with E-state index in [0.717, 1.165) is 0 Å². The van der Waals surface area contributed by atoms with Crippen LogP contribution in [0.15, 0.2) is 12.7 Å². The zero-order valence-corrected chi connectivity index (χ0v) is 7.24. The molecule has 66 valence electrons. The summed E-state index contributed by atoms with van der Waals surface area (Å²) in [4.78, 5) is 0. The van der Waals surface area contributed by atoms with E-state index in [1.165, 1.54) is 19.9 Å². The largest absolute Gasteiger partial charge is 0.386 e. The second-order valence-electron chi connectivity index (χ2n) is 3.00. The molecule has 2 atom stereocenters. The van der Waals surface area contributed by atoms with E-state index in [4.69, 9.17) is 14.9 Å². The first kappa shape index (κ1) is 10.6. The topological polar surface area (TPSA) is 49.7 Å². The molecule has 0 heterocycles. The van der Waals surface area contributed by atoms with Crippen molar-refractivity contribution in [3.05, 3.63) is 12.7 Å². The number of aliphatic hydroxyl groups excluding tert-OH is 1. The summed E-state index contributed by atoms with van der Waals surface area (Å²) >= 11 is 0. The highest BCUT2D eigenvalue weighted by molar-refractivity contribution is 4.83. The maximum absolute atomic E-state index is 9.16. The van der Waals surface area contributed by atoms with E-state index in [2.05, 4.69) is 6.58 Å². The minimum Gasteiger partial charge on any atom is -0.386 e. The van der Waals surface area contributed by atoms with E-state index in [1.54, 1.807) is 6.92 Å². The zero-order valence-electron chi connectivity index (χ0n) is 7.24. The Morgan fingerprint density at radius 3 is 2.27 bits per heavy atom. The standard InChI is InChI=1S/C8H16O3/c1-5-7(9)6(2)11-8(3,4)10/h5-7,9-10H,1H2,2-4H3/t6-,7?/m0/s1. The third-order valence-corrected chi connectivity index (χ3v) is 1.20. The van der Waals surface area contributed by atoms with Crippen LogP contribution in [0.25, 0.3) is 0 Å². The van der Waals surface area contributed by atoms with Crippen LogP contribution in [-0.2, 0) is 4.74 Å². The summed E-state index contributed by atoms with van der Waals surface area (Å²) in [5.74, 6) is -1.20. The van der Waals surface area contributed by atoms with E-state index < -0.39 is 18.0 Å². The number of hydrogen-bond acceptors (Lipinski definition) is 3. The highest BCUT2D eigenvalue weighted by Gasteiger charge is 2.20. The maximum atomic E-state index is 9.16. The van der Waals surface area contributed by atoms with Crippen LogP contribution in [0.4, 0.5) is 0 Å². The zero-order chi connectivity index (χ0) is 9.07. The predicted molar refractivity (Wildman–Crippen MR) is 43.0 cm³/mol. The van der Waals surface area contributed by atoms with E-state index in [9.17, 15) is 0 Å². The second-order valence-corrected chi connectivity index (χ2v) is 3.00. The highest BCUT2D eigenvalue weighted by Crippen LogP contribution is 2.10. The van der Waals surface area contributed by atoms with Crippen LogP contribution in [-0.4, -0.2) is 28.2 Å². The Morgan fingerprint density at radius 2 is 2.00 bits per heavy atom. The van der Waals surface area contributed by atoms with Gasteiger partial charge in [0.25, 0.3) is 0 Å². The lowest BCUT2D eigenvalue weighted by Crippen LogP contribution is -2.34. The van der Waals surface area contributed by atoms with Gasteiger partial charge in [-0.05, 0) is 20.8 Å². The average molecular weight is 160 g/mol. The maximum Gasteiger partial charge on any atom is 0.160 e. The van der Waals surface area contributed by atoms with Gasteiger partial charge >= 0.3 is 0 Å². The van der Waals surface area contributed by atoms with Crippen molar-refractivity contribution in [2.75, 3.05) is 0 Å². The van der Waals surface area contributed by atoms with Crippen LogP contribution in [0.3, 0.4) is 0 Å². The van der Waals surface area contributed by atoms with Crippen molar-refractivity contribution in [3.8, 4) is 0 Å². The van der Waals surface area contributed by atoms with Crippen LogP contribution >= 0.6 is 0 Å². The van der Waals surface area contributed by atoms with Crippen molar-refractivity contribution in [2.45, 2.75) is 38.8 Å². The van der Waals surface area contributed by atoms with E-state index in [0.29, 0.717) is 0 Å². The molecule has 0 saturated carbocycles. The fourth-order valence-electron chi connectivity index (χ4n) is 0.716. The average Bonchev–Trinajstić information content (AvgIpc) is 1.82. The van der Waals surface area contributed by atoms with E-state index in [1.807, 2.05) is 0 Å². The molecule has 0 aromatic rings. The molecule has 0 aliphatic heterocycles. The van der Waals surface area contributed by atoms with Crippen LogP contribution in [0, 0.1) is 0 Å². The molecule has 11 heavy (non-hydrogen) atoms. The number of aliphatic hydroxyl groups is 2. The van der Waals surface area contributed by atoms with Gasteiger partial charge in [0.2, 0.25) is 0 Å². The van der Waals surface area contributed by atoms with Crippen molar-refractivity contribution in [2.24, 2.45) is 0 Å². The third-order valence-electron chi connectivity index (χ3n) is 1.20. The number of rotatable bonds is 4. The Balaban J connectivity index is 3.86. The first-order valence-electron chi connectivity index (χ1n) is 3.57. The lowest BCUT2D eigenvalue weighted by molar-refractivity contribution is -0.215. The first-order chi connectivity index (χ1) is 4.87. The Kier molecular flexibility index (Phi) is 3.72. The minimum atomic E-state index is -1.20.